The molecule has 3 unspecified atom stereocenters. The lowest BCUT2D eigenvalue weighted by Gasteiger charge is -2.33. The van der Waals surface area contributed by atoms with E-state index in [1.807, 2.05) is 25.5 Å². The lowest BCUT2D eigenvalue weighted by Crippen LogP contribution is -2.34. The zero-order valence-corrected chi connectivity index (χ0v) is 31.6. The summed E-state index contributed by atoms with van der Waals surface area (Å²) in [7, 11) is -2.35. The number of aromatic nitrogens is 3. The predicted molar refractivity (Wildman–Crippen MR) is 195 cm³/mol. The lowest BCUT2D eigenvalue weighted by molar-refractivity contribution is -0.121. The summed E-state index contributed by atoms with van der Waals surface area (Å²) < 4.78 is 65.2. The average molecular weight is 755 g/mol. The van der Waals surface area contributed by atoms with Crippen molar-refractivity contribution in [1.82, 2.24) is 19.3 Å². The number of sulfonamides is 1. The maximum absolute atomic E-state index is 13.5. The minimum absolute atomic E-state index is 0.0359. The van der Waals surface area contributed by atoms with Crippen LogP contribution in [0.15, 0.2) is 42.6 Å². The first-order chi connectivity index (χ1) is 24.5. The van der Waals surface area contributed by atoms with E-state index in [4.69, 9.17) is 25.0 Å². The molecule has 0 radical (unpaired) electrons. The van der Waals surface area contributed by atoms with E-state index in [0.717, 1.165) is 31.1 Å². The van der Waals surface area contributed by atoms with Crippen LogP contribution in [0.5, 0.6) is 17.2 Å². The Morgan fingerprint density at radius 1 is 1.10 bits per heavy atom. The molecule has 5 rings (SSSR count). The highest BCUT2D eigenvalue weighted by atomic mass is 32.2. The topological polar surface area (TPSA) is 184 Å². The highest BCUT2D eigenvalue weighted by Crippen LogP contribution is 2.37. The van der Waals surface area contributed by atoms with Gasteiger partial charge < -0.3 is 18.4 Å². The fourth-order valence-electron chi connectivity index (χ4n) is 6.06. The van der Waals surface area contributed by atoms with Crippen LogP contribution in [-0.2, 0) is 36.2 Å². The Hall–Kier alpha value is -5.08. The smallest absolute Gasteiger partial charge is 0.331 e. The van der Waals surface area contributed by atoms with Crippen molar-refractivity contribution in [1.29, 1.82) is 0 Å². The molecule has 2 aromatic heterocycles. The molecule has 52 heavy (non-hydrogen) atoms. The van der Waals surface area contributed by atoms with E-state index in [1.165, 1.54) is 17.8 Å². The van der Waals surface area contributed by atoms with E-state index >= 15 is 0 Å². The van der Waals surface area contributed by atoms with Gasteiger partial charge in [0.2, 0.25) is 15.7 Å². The van der Waals surface area contributed by atoms with Gasteiger partial charge in [-0.05, 0) is 66.0 Å². The molecular formula is C35H42N6O9S2. The number of aromatic amines is 1. The Labute approximate surface area is 305 Å². The van der Waals surface area contributed by atoms with Gasteiger partial charge in [0.05, 0.1) is 25.6 Å². The van der Waals surface area contributed by atoms with Gasteiger partial charge in [-0.15, -0.1) is 0 Å². The molecule has 2 aromatic carbocycles. The Kier molecular flexibility index (Phi) is 11.2. The summed E-state index contributed by atoms with van der Waals surface area (Å²) in [5, 5.41) is 3.10. The number of esters is 1. The van der Waals surface area contributed by atoms with E-state index < -0.39 is 39.8 Å². The molecule has 0 bridgehead atoms. The number of nitrogens with zero attached hydrogens (tertiary/aromatic N) is 3. The molecule has 1 amide bonds. The Morgan fingerprint density at radius 3 is 2.42 bits per heavy atom. The molecule has 278 valence electrons. The molecule has 3 N–H and O–H groups in total. The number of nitrogens with one attached hydrogen (secondary N) is 3. The Bertz CT molecular complexity index is 2150. The van der Waals surface area contributed by atoms with Crippen molar-refractivity contribution in [2.45, 2.75) is 65.4 Å². The number of hydrogen-bond donors (Lipinski definition) is 3. The molecule has 1 aliphatic rings. The van der Waals surface area contributed by atoms with Gasteiger partial charge in [0.1, 0.15) is 17.4 Å². The number of fused-ring (bicyclic) bond motifs is 1. The van der Waals surface area contributed by atoms with Gasteiger partial charge in [0.15, 0.2) is 29.6 Å². The Morgan fingerprint density at radius 2 is 1.79 bits per heavy atom. The van der Waals surface area contributed by atoms with Crippen molar-refractivity contribution < 1.29 is 40.6 Å². The molecule has 4 aromatic rings. The second-order valence-corrected chi connectivity index (χ2v) is 16.4. The summed E-state index contributed by atoms with van der Waals surface area (Å²) in [5.41, 5.74) is 1.70. The van der Waals surface area contributed by atoms with E-state index in [9.17, 15) is 22.2 Å². The predicted octanol–water partition coefficient (Wildman–Crippen LogP) is 5.69. The summed E-state index contributed by atoms with van der Waals surface area (Å²) >= 11 is -2.24. The average Bonchev–Trinajstić information content (AvgIpc) is 3.62. The molecule has 3 atom stereocenters. The Balaban J connectivity index is 1.40. The second kappa shape index (κ2) is 15.3. The molecule has 17 heteroatoms. The fourth-order valence-corrected chi connectivity index (χ4v) is 7.21. The number of amides is 1. The van der Waals surface area contributed by atoms with Crippen LogP contribution in [0, 0.1) is 18.4 Å². The van der Waals surface area contributed by atoms with Gasteiger partial charge in [0.25, 0.3) is 5.91 Å². The number of rotatable bonds is 12. The van der Waals surface area contributed by atoms with Crippen molar-refractivity contribution in [3.63, 3.8) is 0 Å². The maximum Gasteiger partial charge on any atom is 0.331 e. The minimum atomic E-state index is -3.79. The van der Waals surface area contributed by atoms with E-state index in [-0.39, 0.29) is 57.4 Å². The number of benzene rings is 2. The molecule has 1 saturated carbocycles. The number of H-pyrrole nitrogens is 1. The summed E-state index contributed by atoms with van der Waals surface area (Å²) in [6.07, 6.45) is 5.08. The third-order valence-electron chi connectivity index (χ3n) is 8.71. The molecule has 2 heterocycles. The van der Waals surface area contributed by atoms with Gasteiger partial charge >= 0.3 is 17.2 Å². The van der Waals surface area contributed by atoms with Crippen LogP contribution >= 0.6 is 0 Å². The molecule has 0 aliphatic heterocycles. The standard InChI is InChI=1S/C35H42N6O9S2/c1-20-10-9-11-21(2)31(20)49-34(43)30-25(36-6)18-41-33(30)37-32(38-41)22-12-14-26(47-7)24(16-22)39-51(44)50-28-17-23(35(3,4)5)13-15-27(28)48-19-29(42)40-52(8,45)46/h12-18,20-21,31,39H,9-11,19H2,1-5,7-8H3,(H,37,38)(H,40,42). The van der Waals surface area contributed by atoms with Crippen LogP contribution in [0.3, 0.4) is 0 Å². The summed E-state index contributed by atoms with van der Waals surface area (Å²) in [4.78, 5) is 33.8. The first-order valence-corrected chi connectivity index (χ1v) is 19.5. The second-order valence-electron chi connectivity index (χ2n) is 13.9. The highest BCUT2D eigenvalue weighted by molar-refractivity contribution is 7.89. The molecule has 0 spiro atoms. The fraction of sp³-hybridized carbons (Fsp3) is 0.429. The van der Waals surface area contributed by atoms with Crippen molar-refractivity contribution in [3.05, 3.63) is 65.1 Å². The third kappa shape index (κ3) is 8.86. The lowest BCUT2D eigenvalue weighted by atomic mass is 9.80. The van der Waals surface area contributed by atoms with Crippen LogP contribution in [0.1, 0.15) is 69.8 Å². The van der Waals surface area contributed by atoms with Crippen LogP contribution in [0.2, 0.25) is 0 Å². The summed E-state index contributed by atoms with van der Waals surface area (Å²) in [6.45, 7) is 17.1. The number of hydrogen-bond acceptors (Lipinski definition) is 10. The van der Waals surface area contributed by atoms with Crippen LogP contribution < -0.4 is 23.1 Å². The largest absolute Gasteiger partial charge is 0.495 e. The SMILES string of the molecule is [C-]#[N+]c1cn2[nH]c(-c3ccc(OC)c(NS(=O)Oc4cc(C(C)(C)C)ccc4OCC(=O)NS(C)(=O)=O)c3)nc2c1C(=O)OC1C(C)CCCC1C. The summed E-state index contributed by atoms with van der Waals surface area (Å²) in [6, 6.07) is 9.89. The van der Waals surface area contributed by atoms with Gasteiger partial charge in [-0.1, -0.05) is 47.1 Å². The molecule has 15 nitrogen and oxygen atoms in total. The van der Waals surface area contributed by atoms with Gasteiger partial charge in [0, 0.05) is 11.8 Å². The van der Waals surface area contributed by atoms with Crippen molar-refractivity contribution >= 4 is 50.2 Å². The highest BCUT2D eigenvalue weighted by Gasteiger charge is 2.33. The normalized spacial score (nSPS) is 18.2. The van der Waals surface area contributed by atoms with Crippen LogP contribution in [-0.4, -0.2) is 65.2 Å². The number of carbonyl (C=O) groups excluding carboxylic acids is 2. The number of carbonyl (C=O) groups is 2. The quantitative estimate of drug-likeness (QED) is 0.120. The van der Waals surface area contributed by atoms with Crippen molar-refractivity contribution in [3.8, 4) is 28.6 Å². The molecule has 0 saturated heterocycles. The number of anilines is 1. The molecular weight excluding hydrogens is 713 g/mol. The molecule has 1 fully saturated rings. The maximum atomic E-state index is 13.5. The zero-order valence-electron chi connectivity index (χ0n) is 29.9. The van der Waals surface area contributed by atoms with E-state index in [2.05, 4.69) is 33.5 Å². The van der Waals surface area contributed by atoms with Gasteiger partial charge in [-0.3, -0.25) is 23.9 Å². The third-order valence-corrected chi connectivity index (χ3v) is 10.0. The molecule has 1 aliphatic carbocycles. The monoisotopic (exact) mass is 754 g/mol. The van der Waals surface area contributed by atoms with Gasteiger partial charge in [-0.2, -0.15) is 4.21 Å². The van der Waals surface area contributed by atoms with Crippen LogP contribution in [0.25, 0.3) is 21.9 Å². The zero-order chi connectivity index (χ0) is 38.0. The van der Waals surface area contributed by atoms with Crippen LogP contribution in [0.4, 0.5) is 11.4 Å². The first kappa shape index (κ1) is 38.2. The van der Waals surface area contributed by atoms with Crippen molar-refractivity contribution in [2.24, 2.45) is 11.8 Å². The van der Waals surface area contributed by atoms with E-state index in [0.29, 0.717) is 17.1 Å². The minimum Gasteiger partial charge on any atom is -0.495 e. The number of ether oxygens (including phenoxy) is 3. The number of methoxy groups -OCH3 is 1. The van der Waals surface area contributed by atoms with E-state index in [1.54, 1.807) is 36.4 Å². The first-order valence-electron chi connectivity index (χ1n) is 16.5. The van der Waals surface area contributed by atoms with Crippen molar-refractivity contribution in [2.75, 3.05) is 24.7 Å². The summed E-state index contributed by atoms with van der Waals surface area (Å²) in [5.74, 6) is -0.333. The van der Waals surface area contributed by atoms with Gasteiger partial charge in [-0.25, -0.2) is 23.0 Å².